The molecule has 0 atom stereocenters. The van der Waals surface area contributed by atoms with Crippen molar-refractivity contribution in [2.45, 2.75) is 20.3 Å². The van der Waals surface area contributed by atoms with E-state index in [0.717, 1.165) is 18.7 Å². The molecule has 0 spiro atoms. The Kier molecular flexibility index (Phi) is 5.31. The summed E-state index contributed by atoms with van der Waals surface area (Å²) in [5, 5.41) is 2.95. The van der Waals surface area contributed by atoms with Crippen LogP contribution < -0.4 is 15.0 Å². The van der Waals surface area contributed by atoms with Gasteiger partial charge in [0.05, 0.1) is 6.61 Å². The largest absolute Gasteiger partial charge is 0.463 e. The van der Waals surface area contributed by atoms with Gasteiger partial charge in [-0.15, -0.1) is 0 Å². The van der Waals surface area contributed by atoms with Crippen molar-refractivity contribution in [2.75, 3.05) is 30.4 Å². The Bertz CT molecular complexity index is 561. The second kappa shape index (κ2) is 7.42. The van der Waals surface area contributed by atoms with Crippen LogP contribution in [-0.2, 0) is 0 Å². The Hall–Kier alpha value is -2.37. The van der Waals surface area contributed by atoms with E-state index in [2.05, 4.69) is 27.2 Å². The van der Waals surface area contributed by atoms with Gasteiger partial charge in [-0.25, -0.2) is 0 Å². The van der Waals surface area contributed by atoms with E-state index in [1.807, 2.05) is 42.2 Å². The van der Waals surface area contributed by atoms with Crippen molar-refractivity contribution in [1.82, 2.24) is 15.0 Å². The van der Waals surface area contributed by atoms with Gasteiger partial charge < -0.3 is 15.0 Å². The zero-order chi connectivity index (χ0) is 15.1. The molecule has 0 aliphatic rings. The fourth-order valence-corrected chi connectivity index (χ4v) is 1.88. The molecule has 0 saturated carbocycles. The lowest BCUT2D eigenvalue weighted by Crippen LogP contribution is -2.20. The Labute approximate surface area is 125 Å². The summed E-state index contributed by atoms with van der Waals surface area (Å²) in [6, 6.07) is 10.4. The Balaban J connectivity index is 2.35. The fourth-order valence-electron chi connectivity index (χ4n) is 1.88. The molecule has 6 nitrogen and oxygen atoms in total. The Morgan fingerprint density at radius 3 is 2.48 bits per heavy atom. The van der Waals surface area contributed by atoms with Gasteiger partial charge in [-0.1, -0.05) is 25.1 Å². The average molecular weight is 287 g/mol. The summed E-state index contributed by atoms with van der Waals surface area (Å²) in [4.78, 5) is 15.1. The number of hydrogen-bond acceptors (Lipinski definition) is 6. The lowest BCUT2D eigenvalue weighted by atomic mass is 10.3. The number of rotatable bonds is 7. The zero-order valence-corrected chi connectivity index (χ0v) is 12.7. The molecule has 0 amide bonds. The quantitative estimate of drug-likeness (QED) is 0.845. The van der Waals surface area contributed by atoms with E-state index in [9.17, 15) is 0 Å². The number of aromatic nitrogens is 3. The van der Waals surface area contributed by atoms with E-state index in [-0.39, 0.29) is 0 Å². The molecule has 0 fully saturated rings. The smallest absolute Gasteiger partial charge is 0.323 e. The summed E-state index contributed by atoms with van der Waals surface area (Å²) < 4.78 is 5.54. The molecule has 112 valence electrons. The molecule has 0 bridgehead atoms. The number of anilines is 3. The fraction of sp³-hybridized carbons (Fsp3) is 0.400. The molecule has 6 heteroatoms. The molecule has 1 heterocycles. The van der Waals surface area contributed by atoms with Crippen LogP contribution in [0.25, 0.3) is 0 Å². The number of ether oxygens (including phenoxy) is 1. The van der Waals surface area contributed by atoms with Crippen molar-refractivity contribution in [1.29, 1.82) is 0 Å². The molecule has 1 aromatic carbocycles. The predicted octanol–water partition coefficient (Wildman–Crippen LogP) is 2.86. The summed E-state index contributed by atoms with van der Waals surface area (Å²) in [6.07, 6.45) is 0.909. The van der Waals surface area contributed by atoms with Crippen molar-refractivity contribution in [3.8, 4) is 6.01 Å². The first kappa shape index (κ1) is 15.0. The van der Waals surface area contributed by atoms with E-state index in [4.69, 9.17) is 4.74 Å². The third-order valence-electron chi connectivity index (χ3n) is 2.89. The van der Waals surface area contributed by atoms with E-state index in [1.165, 1.54) is 0 Å². The van der Waals surface area contributed by atoms with Gasteiger partial charge >= 0.3 is 6.01 Å². The van der Waals surface area contributed by atoms with Gasteiger partial charge in [-0.05, 0) is 25.5 Å². The van der Waals surface area contributed by atoms with Crippen molar-refractivity contribution in [2.24, 2.45) is 0 Å². The zero-order valence-electron chi connectivity index (χ0n) is 12.7. The minimum atomic E-state index is 0.348. The highest BCUT2D eigenvalue weighted by Crippen LogP contribution is 2.23. The molecule has 2 rings (SSSR count). The van der Waals surface area contributed by atoms with Gasteiger partial charge in [-0.2, -0.15) is 15.0 Å². The average Bonchev–Trinajstić information content (AvgIpc) is 2.54. The highest BCUT2D eigenvalue weighted by molar-refractivity contribution is 5.57. The highest BCUT2D eigenvalue weighted by Gasteiger charge is 2.14. The van der Waals surface area contributed by atoms with Gasteiger partial charge in [0.1, 0.15) is 0 Å². The van der Waals surface area contributed by atoms with E-state index in [1.54, 1.807) is 7.05 Å². The first-order valence-electron chi connectivity index (χ1n) is 7.17. The molecular formula is C15H21N5O. The van der Waals surface area contributed by atoms with E-state index in [0.29, 0.717) is 24.5 Å². The first-order valence-corrected chi connectivity index (χ1v) is 7.17. The summed E-state index contributed by atoms with van der Waals surface area (Å²) >= 11 is 0. The first-order chi connectivity index (χ1) is 10.3. The molecule has 0 saturated heterocycles. The predicted molar refractivity (Wildman–Crippen MR) is 84.3 cm³/mol. The van der Waals surface area contributed by atoms with Crippen LogP contribution in [0.5, 0.6) is 6.01 Å². The molecule has 1 N–H and O–H groups in total. The monoisotopic (exact) mass is 287 g/mol. The van der Waals surface area contributed by atoms with Crippen LogP contribution >= 0.6 is 0 Å². The molecule has 1 aromatic heterocycles. The molecule has 0 aliphatic carbocycles. The van der Waals surface area contributed by atoms with Gasteiger partial charge in [0.2, 0.25) is 11.9 Å². The maximum Gasteiger partial charge on any atom is 0.323 e. The van der Waals surface area contributed by atoms with Crippen LogP contribution in [0.15, 0.2) is 30.3 Å². The third-order valence-corrected chi connectivity index (χ3v) is 2.89. The third kappa shape index (κ3) is 3.81. The van der Waals surface area contributed by atoms with Crippen molar-refractivity contribution < 1.29 is 4.74 Å². The lowest BCUT2D eigenvalue weighted by molar-refractivity contribution is 0.292. The van der Waals surface area contributed by atoms with Crippen LogP contribution in [-0.4, -0.2) is 35.2 Å². The summed E-state index contributed by atoms with van der Waals surface area (Å²) in [6.45, 7) is 5.44. The SMILES string of the molecule is CCCOc1nc(NC)nc(N(CC)c2ccccc2)n1. The van der Waals surface area contributed by atoms with Crippen LogP contribution in [0.1, 0.15) is 20.3 Å². The maximum atomic E-state index is 5.54. The van der Waals surface area contributed by atoms with Crippen LogP contribution in [0.3, 0.4) is 0 Å². The van der Waals surface area contributed by atoms with Crippen LogP contribution in [0, 0.1) is 0 Å². The standard InChI is InChI=1S/C15H21N5O/c1-4-11-21-15-18-13(16-3)17-14(19-15)20(5-2)12-9-7-6-8-10-12/h6-10H,4-5,11H2,1-3H3,(H,16,17,18,19). The van der Waals surface area contributed by atoms with Crippen molar-refractivity contribution in [3.05, 3.63) is 30.3 Å². The Morgan fingerprint density at radius 2 is 1.86 bits per heavy atom. The summed E-state index contributed by atoms with van der Waals surface area (Å²) in [7, 11) is 1.78. The maximum absolute atomic E-state index is 5.54. The molecule has 2 aromatic rings. The number of hydrogen-bond donors (Lipinski definition) is 1. The van der Waals surface area contributed by atoms with Crippen LogP contribution in [0.2, 0.25) is 0 Å². The number of benzene rings is 1. The van der Waals surface area contributed by atoms with E-state index < -0.39 is 0 Å². The molecular weight excluding hydrogens is 266 g/mol. The molecule has 0 unspecified atom stereocenters. The van der Waals surface area contributed by atoms with Crippen molar-refractivity contribution >= 4 is 17.6 Å². The second-order valence-corrected chi connectivity index (χ2v) is 4.42. The van der Waals surface area contributed by atoms with E-state index >= 15 is 0 Å². The lowest BCUT2D eigenvalue weighted by Gasteiger charge is -2.21. The van der Waals surface area contributed by atoms with Crippen LogP contribution in [0.4, 0.5) is 17.6 Å². The molecule has 21 heavy (non-hydrogen) atoms. The van der Waals surface area contributed by atoms with Gasteiger partial charge in [-0.3, -0.25) is 0 Å². The normalized spacial score (nSPS) is 10.2. The van der Waals surface area contributed by atoms with Gasteiger partial charge in [0, 0.05) is 19.3 Å². The molecule has 0 aliphatic heterocycles. The summed E-state index contributed by atoms with van der Waals surface area (Å²) in [5.41, 5.74) is 1.04. The Morgan fingerprint density at radius 1 is 1.10 bits per heavy atom. The number of para-hydroxylation sites is 1. The number of nitrogens with zero attached hydrogens (tertiary/aromatic N) is 4. The highest BCUT2D eigenvalue weighted by atomic mass is 16.5. The molecule has 0 radical (unpaired) electrons. The number of nitrogens with one attached hydrogen (secondary N) is 1. The topological polar surface area (TPSA) is 63.2 Å². The minimum Gasteiger partial charge on any atom is -0.463 e. The van der Waals surface area contributed by atoms with Gasteiger partial charge in [0.25, 0.3) is 0 Å². The van der Waals surface area contributed by atoms with Gasteiger partial charge in [0.15, 0.2) is 0 Å². The van der Waals surface area contributed by atoms with Crippen molar-refractivity contribution in [3.63, 3.8) is 0 Å². The summed E-state index contributed by atoms with van der Waals surface area (Å²) in [5.74, 6) is 1.08. The minimum absolute atomic E-state index is 0.348. The second-order valence-electron chi connectivity index (χ2n) is 4.42.